The average molecular weight is 384 g/mol. The number of ketones is 1. The fraction of sp³-hybridized carbons (Fsp3) is 0.267. The number of carbonyl (C=O) groups is 1. The molecule has 0 saturated carbocycles. The number of halogens is 1. The Morgan fingerprint density at radius 2 is 2.11 bits per heavy atom. The maximum Gasteiger partial charge on any atom is 0.193 e. The van der Waals surface area contributed by atoms with Gasteiger partial charge in [0, 0.05) is 27.5 Å². The zero-order valence-electron chi connectivity index (χ0n) is 10.7. The Balaban J connectivity index is 2.01. The van der Waals surface area contributed by atoms with Crippen LogP contribution in [0, 0.1) is 2.88 Å². The van der Waals surface area contributed by atoms with Gasteiger partial charge in [-0.05, 0) is 46.9 Å². The Hall–Kier alpha value is -0.880. The van der Waals surface area contributed by atoms with Crippen molar-refractivity contribution in [2.75, 3.05) is 6.61 Å². The number of hydrogen-bond donors (Lipinski definition) is 0. The van der Waals surface area contributed by atoms with Crippen molar-refractivity contribution in [1.82, 2.24) is 0 Å². The molecule has 2 heterocycles. The van der Waals surface area contributed by atoms with Crippen molar-refractivity contribution in [3.05, 3.63) is 49.2 Å². The van der Waals surface area contributed by atoms with Crippen LogP contribution in [0.3, 0.4) is 0 Å². The molecule has 0 fully saturated rings. The average Bonchev–Trinajstić information content (AvgIpc) is 2.93. The number of thiophene rings is 1. The molecule has 3 rings (SSSR count). The second-order valence-electron chi connectivity index (χ2n) is 5.35. The Morgan fingerprint density at radius 3 is 2.79 bits per heavy atom. The van der Waals surface area contributed by atoms with Crippen LogP contribution in [0.5, 0.6) is 5.75 Å². The van der Waals surface area contributed by atoms with Gasteiger partial charge in [0.1, 0.15) is 5.75 Å². The van der Waals surface area contributed by atoms with Gasteiger partial charge in [0.25, 0.3) is 0 Å². The summed E-state index contributed by atoms with van der Waals surface area (Å²) in [6, 6.07) is 7.68. The molecule has 2 nitrogen and oxygen atoms in total. The molecule has 2 aromatic rings. The molecule has 1 aliphatic heterocycles. The fourth-order valence-corrected chi connectivity index (χ4v) is 3.58. The molecular weight excluding hydrogens is 371 g/mol. The van der Waals surface area contributed by atoms with Crippen LogP contribution in [0.2, 0.25) is 0 Å². The zero-order chi connectivity index (χ0) is 13.6. The van der Waals surface area contributed by atoms with Crippen molar-refractivity contribution < 1.29 is 9.53 Å². The van der Waals surface area contributed by atoms with Gasteiger partial charge < -0.3 is 4.74 Å². The Labute approximate surface area is 129 Å². The van der Waals surface area contributed by atoms with Gasteiger partial charge >= 0.3 is 0 Å². The SMILES string of the molecule is CC1(C)COc2ccc(C(=O)c3csc(I)c3)cc21. The quantitative estimate of drug-likeness (QED) is 0.572. The number of benzene rings is 1. The summed E-state index contributed by atoms with van der Waals surface area (Å²) in [4.78, 5) is 12.4. The van der Waals surface area contributed by atoms with E-state index in [1.807, 2.05) is 29.6 Å². The van der Waals surface area contributed by atoms with E-state index in [-0.39, 0.29) is 11.2 Å². The van der Waals surface area contributed by atoms with Crippen molar-refractivity contribution in [1.29, 1.82) is 0 Å². The van der Waals surface area contributed by atoms with Crippen molar-refractivity contribution in [3.63, 3.8) is 0 Å². The van der Waals surface area contributed by atoms with Crippen LogP contribution in [0.1, 0.15) is 35.3 Å². The lowest BCUT2D eigenvalue weighted by atomic mass is 9.85. The first-order valence-corrected chi connectivity index (χ1v) is 7.99. The Morgan fingerprint density at radius 1 is 1.32 bits per heavy atom. The standard InChI is InChI=1S/C15H13IO2S/c1-15(2)8-18-12-4-3-9(5-11(12)15)14(17)10-6-13(16)19-7-10/h3-7H,8H2,1-2H3. The maximum absolute atomic E-state index is 12.4. The Bertz CT molecular complexity index is 658. The van der Waals surface area contributed by atoms with Gasteiger partial charge in [-0.3, -0.25) is 4.79 Å². The highest BCUT2D eigenvalue weighted by Crippen LogP contribution is 2.39. The first-order chi connectivity index (χ1) is 8.97. The molecule has 0 unspecified atom stereocenters. The van der Waals surface area contributed by atoms with E-state index in [4.69, 9.17) is 4.74 Å². The summed E-state index contributed by atoms with van der Waals surface area (Å²) >= 11 is 3.83. The summed E-state index contributed by atoms with van der Waals surface area (Å²) in [7, 11) is 0. The first-order valence-electron chi connectivity index (χ1n) is 6.03. The fourth-order valence-electron chi connectivity index (χ4n) is 2.26. The molecule has 1 aromatic carbocycles. The van der Waals surface area contributed by atoms with Crippen molar-refractivity contribution >= 4 is 39.7 Å². The second-order valence-corrected chi connectivity index (χ2v) is 8.16. The van der Waals surface area contributed by atoms with E-state index in [1.165, 1.54) is 0 Å². The molecule has 0 bridgehead atoms. The highest BCUT2D eigenvalue weighted by atomic mass is 127. The van der Waals surface area contributed by atoms with E-state index in [2.05, 4.69) is 36.4 Å². The van der Waals surface area contributed by atoms with Crippen LogP contribution < -0.4 is 4.74 Å². The highest BCUT2D eigenvalue weighted by Gasteiger charge is 2.32. The third-order valence-electron chi connectivity index (χ3n) is 3.39. The minimum absolute atomic E-state index is 0.0192. The van der Waals surface area contributed by atoms with Crippen molar-refractivity contribution in [3.8, 4) is 5.75 Å². The number of fused-ring (bicyclic) bond motifs is 1. The molecule has 19 heavy (non-hydrogen) atoms. The van der Waals surface area contributed by atoms with Crippen LogP contribution in [0.15, 0.2) is 29.6 Å². The van der Waals surface area contributed by atoms with Crippen LogP contribution in [-0.4, -0.2) is 12.4 Å². The number of hydrogen-bond acceptors (Lipinski definition) is 3. The van der Waals surface area contributed by atoms with E-state index in [1.54, 1.807) is 11.3 Å². The van der Waals surface area contributed by atoms with Crippen LogP contribution in [0.4, 0.5) is 0 Å². The lowest BCUT2D eigenvalue weighted by Gasteiger charge is -2.15. The van der Waals surface area contributed by atoms with E-state index in [9.17, 15) is 4.79 Å². The number of rotatable bonds is 2. The summed E-state index contributed by atoms with van der Waals surface area (Å²) in [6.07, 6.45) is 0. The van der Waals surface area contributed by atoms with Crippen LogP contribution >= 0.6 is 33.9 Å². The predicted octanol–water partition coefficient (Wildman–Crippen LogP) is 4.25. The molecule has 1 aliphatic rings. The van der Waals surface area contributed by atoms with Gasteiger partial charge in [-0.2, -0.15) is 0 Å². The first kappa shape index (κ1) is 13.1. The molecule has 0 spiro atoms. The third-order valence-corrected chi connectivity index (χ3v) is 5.18. The summed E-state index contributed by atoms with van der Waals surface area (Å²) in [5.74, 6) is 0.992. The molecule has 0 N–H and O–H groups in total. The predicted molar refractivity (Wildman–Crippen MR) is 85.4 cm³/mol. The second kappa shape index (κ2) is 4.59. The lowest BCUT2D eigenvalue weighted by molar-refractivity contribution is 0.103. The largest absolute Gasteiger partial charge is 0.492 e. The summed E-state index contributed by atoms with van der Waals surface area (Å²) in [5, 5.41) is 1.92. The zero-order valence-corrected chi connectivity index (χ0v) is 13.7. The van der Waals surface area contributed by atoms with E-state index >= 15 is 0 Å². The molecule has 0 atom stereocenters. The summed E-state index contributed by atoms with van der Waals surface area (Å²) in [5.41, 5.74) is 2.62. The lowest BCUT2D eigenvalue weighted by Crippen LogP contribution is -2.18. The smallest absolute Gasteiger partial charge is 0.193 e. The van der Waals surface area contributed by atoms with Gasteiger partial charge in [-0.1, -0.05) is 13.8 Å². The van der Waals surface area contributed by atoms with Gasteiger partial charge in [0.2, 0.25) is 0 Å². The van der Waals surface area contributed by atoms with E-state index in [0.29, 0.717) is 6.61 Å². The van der Waals surface area contributed by atoms with Crippen LogP contribution in [0.25, 0.3) is 0 Å². The van der Waals surface area contributed by atoms with Crippen molar-refractivity contribution in [2.45, 2.75) is 19.3 Å². The Kier molecular flexibility index (Phi) is 3.17. The normalized spacial score (nSPS) is 15.9. The summed E-state index contributed by atoms with van der Waals surface area (Å²) < 4.78 is 6.78. The van der Waals surface area contributed by atoms with Crippen LogP contribution in [-0.2, 0) is 5.41 Å². The molecule has 98 valence electrons. The van der Waals surface area contributed by atoms with Gasteiger partial charge in [0.15, 0.2) is 5.78 Å². The van der Waals surface area contributed by atoms with Gasteiger partial charge in [-0.15, -0.1) is 11.3 Å². The molecule has 1 aromatic heterocycles. The molecule has 4 heteroatoms. The molecular formula is C15H13IO2S. The van der Waals surface area contributed by atoms with E-state index in [0.717, 1.165) is 25.3 Å². The maximum atomic E-state index is 12.4. The highest BCUT2D eigenvalue weighted by molar-refractivity contribution is 14.1. The monoisotopic (exact) mass is 384 g/mol. The molecule has 0 amide bonds. The van der Waals surface area contributed by atoms with E-state index < -0.39 is 0 Å². The minimum Gasteiger partial charge on any atom is -0.492 e. The number of ether oxygens (including phenoxy) is 1. The van der Waals surface area contributed by atoms with Crippen molar-refractivity contribution in [2.24, 2.45) is 0 Å². The van der Waals surface area contributed by atoms with Gasteiger partial charge in [0.05, 0.1) is 9.49 Å². The molecule has 0 radical (unpaired) electrons. The topological polar surface area (TPSA) is 26.3 Å². The third kappa shape index (κ3) is 2.31. The molecule has 0 aliphatic carbocycles. The van der Waals surface area contributed by atoms with Gasteiger partial charge in [-0.25, -0.2) is 0 Å². The number of carbonyl (C=O) groups excluding carboxylic acids is 1. The molecule has 0 saturated heterocycles. The summed E-state index contributed by atoms with van der Waals surface area (Å²) in [6.45, 7) is 4.96. The minimum atomic E-state index is -0.0192.